The summed E-state index contributed by atoms with van der Waals surface area (Å²) in [4.78, 5) is 54.0. The zero-order valence-electron chi connectivity index (χ0n) is 21.0. The van der Waals surface area contributed by atoms with E-state index in [0.717, 1.165) is 5.56 Å². The summed E-state index contributed by atoms with van der Waals surface area (Å²) in [6, 6.07) is 13.3. The van der Waals surface area contributed by atoms with Crippen LogP contribution in [0, 0.1) is 0 Å². The van der Waals surface area contributed by atoms with E-state index >= 15 is 0 Å². The van der Waals surface area contributed by atoms with Crippen molar-refractivity contribution in [2.45, 2.75) is 58.7 Å². The van der Waals surface area contributed by atoms with Crippen molar-refractivity contribution < 1.29 is 23.9 Å². The molecule has 1 aliphatic rings. The lowest BCUT2D eigenvalue weighted by Gasteiger charge is -2.31. The van der Waals surface area contributed by atoms with Crippen molar-refractivity contribution in [3.63, 3.8) is 0 Å². The Labute approximate surface area is 206 Å². The van der Waals surface area contributed by atoms with Crippen LogP contribution in [0.4, 0.5) is 0 Å². The van der Waals surface area contributed by atoms with Crippen LogP contribution in [0.15, 0.2) is 48.5 Å². The Morgan fingerprint density at radius 2 is 1.57 bits per heavy atom. The fourth-order valence-electron chi connectivity index (χ4n) is 3.96. The second kappa shape index (κ2) is 10.7. The van der Waals surface area contributed by atoms with Crippen LogP contribution in [0.3, 0.4) is 0 Å². The van der Waals surface area contributed by atoms with Crippen LogP contribution < -0.4 is 10.1 Å². The van der Waals surface area contributed by atoms with Crippen LogP contribution >= 0.6 is 0 Å². The SMILES string of the molecule is COc1ccc(CN(C(=O)CCCN2C(=O)c3ccccc3C2=O)[C@@H](C)C(=O)NC(C)(C)C)cc1. The number of imide groups is 1. The number of fused-ring (bicyclic) bond motifs is 1. The topological polar surface area (TPSA) is 96.0 Å². The maximum Gasteiger partial charge on any atom is 0.261 e. The van der Waals surface area contributed by atoms with Crippen molar-refractivity contribution in [3.8, 4) is 5.75 Å². The predicted octanol–water partition coefficient (Wildman–Crippen LogP) is 3.40. The van der Waals surface area contributed by atoms with Gasteiger partial charge in [-0.15, -0.1) is 0 Å². The lowest BCUT2D eigenvalue weighted by molar-refractivity contribution is -0.141. The van der Waals surface area contributed by atoms with Gasteiger partial charge in [-0.3, -0.25) is 24.1 Å². The molecule has 2 aromatic rings. The molecule has 1 aliphatic heterocycles. The Kier molecular flexibility index (Phi) is 7.94. The van der Waals surface area contributed by atoms with Crippen molar-refractivity contribution in [1.29, 1.82) is 0 Å². The highest BCUT2D eigenvalue weighted by molar-refractivity contribution is 6.21. The molecule has 1 N–H and O–H groups in total. The number of carbonyl (C=O) groups excluding carboxylic acids is 4. The smallest absolute Gasteiger partial charge is 0.261 e. The average molecular weight is 480 g/mol. The van der Waals surface area contributed by atoms with Gasteiger partial charge in [0.1, 0.15) is 11.8 Å². The van der Waals surface area contributed by atoms with Gasteiger partial charge in [-0.25, -0.2) is 0 Å². The zero-order chi connectivity index (χ0) is 25.8. The highest BCUT2D eigenvalue weighted by atomic mass is 16.5. The second-order valence-corrected chi connectivity index (χ2v) is 9.70. The van der Waals surface area contributed by atoms with E-state index in [2.05, 4.69) is 5.32 Å². The minimum atomic E-state index is -0.705. The molecule has 2 aromatic carbocycles. The van der Waals surface area contributed by atoms with Gasteiger partial charge in [-0.2, -0.15) is 0 Å². The van der Waals surface area contributed by atoms with Crippen molar-refractivity contribution in [2.24, 2.45) is 0 Å². The molecule has 0 aliphatic carbocycles. The van der Waals surface area contributed by atoms with Gasteiger partial charge in [0.2, 0.25) is 11.8 Å². The summed E-state index contributed by atoms with van der Waals surface area (Å²) in [6.07, 6.45) is 0.397. The maximum absolute atomic E-state index is 13.3. The van der Waals surface area contributed by atoms with Gasteiger partial charge in [0.05, 0.1) is 18.2 Å². The van der Waals surface area contributed by atoms with Gasteiger partial charge in [0, 0.05) is 25.0 Å². The first-order valence-corrected chi connectivity index (χ1v) is 11.7. The molecule has 3 rings (SSSR count). The molecular weight excluding hydrogens is 446 g/mol. The van der Waals surface area contributed by atoms with E-state index in [4.69, 9.17) is 4.74 Å². The summed E-state index contributed by atoms with van der Waals surface area (Å²) in [6.45, 7) is 7.73. The van der Waals surface area contributed by atoms with Gasteiger partial charge < -0.3 is 15.0 Å². The summed E-state index contributed by atoms with van der Waals surface area (Å²) < 4.78 is 5.20. The molecule has 0 spiro atoms. The molecule has 35 heavy (non-hydrogen) atoms. The summed E-state index contributed by atoms with van der Waals surface area (Å²) in [5.74, 6) is -0.461. The number of benzene rings is 2. The Bertz CT molecular complexity index is 1070. The van der Waals surface area contributed by atoms with Crippen LogP contribution in [0.25, 0.3) is 0 Å². The Morgan fingerprint density at radius 1 is 1.00 bits per heavy atom. The van der Waals surface area contributed by atoms with E-state index in [1.807, 2.05) is 32.9 Å². The standard InChI is InChI=1S/C27H33N3O5/c1-18(24(32)28-27(2,3)4)30(17-19-12-14-20(35-5)15-13-19)23(31)11-8-16-29-25(33)21-9-6-7-10-22(21)26(29)34/h6-7,9-10,12-15,18H,8,11,16-17H2,1-5H3,(H,28,32)/t18-/m0/s1. The summed E-state index contributed by atoms with van der Waals surface area (Å²) in [5, 5.41) is 2.93. The van der Waals surface area contributed by atoms with E-state index in [1.54, 1.807) is 50.4 Å². The Morgan fingerprint density at radius 3 is 2.09 bits per heavy atom. The van der Waals surface area contributed by atoms with Crippen molar-refractivity contribution >= 4 is 23.6 Å². The summed E-state index contributed by atoms with van der Waals surface area (Å²) in [7, 11) is 1.58. The number of nitrogens with zero attached hydrogens (tertiary/aromatic N) is 2. The molecule has 0 saturated heterocycles. The number of nitrogens with one attached hydrogen (secondary N) is 1. The molecule has 1 heterocycles. The van der Waals surface area contributed by atoms with E-state index in [0.29, 0.717) is 23.3 Å². The van der Waals surface area contributed by atoms with Crippen LogP contribution in [0.1, 0.15) is 66.8 Å². The molecule has 1 atom stereocenters. The fourth-order valence-corrected chi connectivity index (χ4v) is 3.96. The van der Waals surface area contributed by atoms with Crippen molar-refractivity contribution in [3.05, 3.63) is 65.2 Å². The van der Waals surface area contributed by atoms with Gasteiger partial charge in [-0.1, -0.05) is 24.3 Å². The molecule has 0 radical (unpaired) electrons. The van der Waals surface area contributed by atoms with Crippen LogP contribution in [-0.4, -0.2) is 58.7 Å². The largest absolute Gasteiger partial charge is 0.497 e. The minimum absolute atomic E-state index is 0.0939. The van der Waals surface area contributed by atoms with Crippen LogP contribution in [-0.2, 0) is 16.1 Å². The first kappa shape index (κ1) is 25.9. The molecule has 4 amide bonds. The molecule has 0 aromatic heterocycles. The zero-order valence-corrected chi connectivity index (χ0v) is 21.0. The molecule has 0 bridgehead atoms. The highest BCUT2D eigenvalue weighted by Gasteiger charge is 2.35. The van der Waals surface area contributed by atoms with E-state index in [9.17, 15) is 19.2 Å². The number of methoxy groups -OCH3 is 1. The lowest BCUT2D eigenvalue weighted by atomic mass is 10.1. The van der Waals surface area contributed by atoms with E-state index < -0.39 is 11.6 Å². The molecular formula is C27H33N3O5. The first-order valence-electron chi connectivity index (χ1n) is 11.7. The van der Waals surface area contributed by atoms with Gasteiger partial charge in [0.15, 0.2) is 0 Å². The number of rotatable bonds is 9. The van der Waals surface area contributed by atoms with Crippen molar-refractivity contribution in [1.82, 2.24) is 15.1 Å². The molecule has 8 heteroatoms. The van der Waals surface area contributed by atoms with Crippen molar-refractivity contribution in [2.75, 3.05) is 13.7 Å². The van der Waals surface area contributed by atoms with Gasteiger partial charge >= 0.3 is 0 Å². The van der Waals surface area contributed by atoms with Crippen LogP contribution in [0.2, 0.25) is 0 Å². The molecule has 0 fully saturated rings. The maximum atomic E-state index is 13.3. The highest BCUT2D eigenvalue weighted by Crippen LogP contribution is 2.23. The number of hydrogen-bond acceptors (Lipinski definition) is 5. The lowest BCUT2D eigenvalue weighted by Crippen LogP contribution is -2.52. The number of hydrogen-bond donors (Lipinski definition) is 1. The minimum Gasteiger partial charge on any atom is -0.497 e. The Hall–Kier alpha value is -3.68. The van der Waals surface area contributed by atoms with E-state index in [1.165, 1.54) is 9.80 Å². The third kappa shape index (κ3) is 6.26. The van der Waals surface area contributed by atoms with E-state index in [-0.39, 0.29) is 43.1 Å². The quantitative estimate of drug-likeness (QED) is 0.556. The number of ether oxygens (including phenoxy) is 1. The molecule has 0 unspecified atom stereocenters. The Balaban J connectivity index is 1.69. The number of carbonyl (C=O) groups is 4. The van der Waals surface area contributed by atoms with Gasteiger partial charge in [0.25, 0.3) is 11.8 Å². The average Bonchev–Trinajstić information content (AvgIpc) is 3.06. The molecule has 8 nitrogen and oxygen atoms in total. The van der Waals surface area contributed by atoms with Gasteiger partial charge in [-0.05, 0) is 63.9 Å². The third-order valence-electron chi connectivity index (χ3n) is 5.83. The predicted molar refractivity (Wildman–Crippen MR) is 132 cm³/mol. The van der Waals surface area contributed by atoms with Crippen LogP contribution in [0.5, 0.6) is 5.75 Å². The monoisotopic (exact) mass is 479 g/mol. The number of amides is 4. The summed E-state index contributed by atoms with van der Waals surface area (Å²) >= 11 is 0. The summed E-state index contributed by atoms with van der Waals surface area (Å²) in [5.41, 5.74) is 1.19. The second-order valence-electron chi connectivity index (χ2n) is 9.70. The first-order chi connectivity index (χ1) is 16.5. The fraction of sp³-hybridized carbons (Fsp3) is 0.407. The molecule has 186 valence electrons. The normalized spacial score (nSPS) is 13.9. The molecule has 0 saturated carbocycles. The third-order valence-corrected chi connectivity index (χ3v) is 5.83.